The number of aryl methyl sites for hydroxylation is 1. The molecule has 0 radical (unpaired) electrons. The summed E-state index contributed by atoms with van der Waals surface area (Å²) in [6.45, 7) is 3.92. The van der Waals surface area contributed by atoms with Gasteiger partial charge >= 0.3 is 5.97 Å². The molecule has 1 heterocycles. The van der Waals surface area contributed by atoms with Crippen molar-refractivity contribution in [2.45, 2.75) is 18.9 Å². The lowest BCUT2D eigenvalue weighted by molar-refractivity contribution is -0.135. The van der Waals surface area contributed by atoms with E-state index < -0.39 is 6.10 Å². The number of ether oxygens (including phenoxy) is 1. The van der Waals surface area contributed by atoms with Crippen LogP contribution >= 0.6 is 0 Å². The minimum atomic E-state index is -0.561. The second-order valence-corrected chi connectivity index (χ2v) is 4.32. The van der Waals surface area contributed by atoms with Crippen LogP contribution in [-0.4, -0.2) is 23.8 Å². The molecule has 1 aliphatic heterocycles. The van der Waals surface area contributed by atoms with Crippen LogP contribution < -0.4 is 0 Å². The van der Waals surface area contributed by atoms with Gasteiger partial charge in [0.25, 0.3) is 0 Å². The Kier molecular flexibility index (Phi) is 3.59. The Balaban J connectivity index is 1.88. The van der Waals surface area contributed by atoms with Gasteiger partial charge in [-0.05, 0) is 18.4 Å². The van der Waals surface area contributed by atoms with Gasteiger partial charge in [0.2, 0.25) is 0 Å². The summed E-state index contributed by atoms with van der Waals surface area (Å²) >= 11 is 0. The number of aliphatic hydroxyl groups excluding tert-OH is 1. The lowest BCUT2D eigenvalue weighted by Gasteiger charge is -2.15. The van der Waals surface area contributed by atoms with Gasteiger partial charge in [0.15, 0.2) is 0 Å². The first-order valence-electron chi connectivity index (χ1n) is 5.76. The van der Waals surface area contributed by atoms with Crippen molar-refractivity contribution < 1.29 is 14.6 Å². The highest BCUT2D eigenvalue weighted by Crippen LogP contribution is 2.25. The van der Waals surface area contributed by atoms with Gasteiger partial charge in [-0.2, -0.15) is 0 Å². The van der Waals surface area contributed by atoms with Gasteiger partial charge in [0.1, 0.15) is 6.61 Å². The van der Waals surface area contributed by atoms with Crippen LogP contribution in [0, 0.1) is 5.92 Å². The predicted octanol–water partition coefficient (Wildman–Crippen LogP) is 1.71. The Morgan fingerprint density at radius 1 is 1.41 bits per heavy atom. The highest BCUT2D eigenvalue weighted by Gasteiger charge is 2.33. The van der Waals surface area contributed by atoms with E-state index >= 15 is 0 Å². The van der Waals surface area contributed by atoms with Crippen molar-refractivity contribution in [2.75, 3.05) is 6.61 Å². The van der Waals surface area contributed by atoms with Crippen LogP contribution in [0.5, 0.6) is 0 Å². The molecule has 1 aliphatic rings. The number of aliphatic hydroxyl groups is 1. The third-order valence-corrected chi connectivity index (χ3v) is 3.14. The molecule has 0 unspecified atom stereocenters. The van der Waals surface area contributed by atoms with Crippen LogP contribution in [0.1, 0.15) is 12.0 Å². The number of carbonyl (C=O) groups is 1. The fourth-order valence-corrected chi connectivity index (χ4v) is 2.01. The standard InChI is InChI=1S/C14H16O3/c1-10-12(9-17-14(10)16)13(15)8-7-11-5-3-2-4-6-11/h2-6,12-13,15H,1,7-9H2/t12-,13+/m1/s1. The van der Waals surface area contributed by atoms with Crippen LogP contribution in [0.4, 0.5) is 0 Å². The lowest BCUT2D eigenvalue weighted by atomic mass is 9.93. The van der Waals surface area contributed by atoms with E-state index in [1.165, 1.54) is 5.56 Å². The molecule has 0 saturated carbocycles. The monoisotopic (exact) mass is 232 g/mol. The molecular formula is C14H16O3. The summed E-state index contributed by atoms with van der Waals surface area (Å²) < 4.78 is 4.85. The zero-order chi connectivity index (χ0) is 12.3. The molecule has 17 heavy (non-hydrogen) atoms. The Hall–Kier alpha value is -1.61. The van der Waals surface area contributed by atoms with Gasteiger partial charge in [0, 0.05) is 5.57 Å². The molecule has 0 spiro atoms. The number of rotatable bonds is 4. The molecule has 3 nitrogen and oxygen atoms in total. The first-order chi connectivity index (χ1) is 8.18. The maximum Gasteiger partial charge on any atom is 0.333 e. The molecule has 0 aromatic heterocycles. The zero-order valence-corrected chi connectivity index (χ0v) is 9.63. The minimum absolute atomic E-state index is 0.244. The Morgan fingerprint density at radius 2 is 2.12 bits per heavy atom. The molecule has 1 aromatic rings. The average molecular weight is 232 g/mol. The van der Waals surface area contributed by atoms with Gasteiger partial charge in [-0.15, -0.1) is 0 Å². The number of hydrogen-bond donors (Lipinski definition) is 1. The summed E-state index contributed by atoms with van der Waals surface area (Å²) in [6, 6.07) is 9.96. The number of cyclic esters (lactones) is 1. The van der Waals surface area contributed by atoms with E-state index in [1.54, 1.807) is 0 Å². The van der Waals surface area contributed by atoms with Gasteiger partial charge in [0.05, 0.1) is 12.0 Å². The van der Waals surface area contributed by atoms with E-state index in [0.29, 0.717) is 12.0 Å². The molecule has 2 rings (SSSR count). The molecule has 90 valence electrons. The van der Waals surface area contributed by atoms with E-state index in [-0.39, 0.29) is 18.5 Å². The second-order valence-electron chi connectivity index (χ2n) is 4.32. The molecule has 1 aromatic carbocycles. The van der Waals surface area contributed by atoms with E-state index in [0.717, 1.165) is 6.42 Å². The van der Waals surface area contributed by atoms with Crippen LogP contribution in [0.2, 0.25) is 0 Å². The summed E-state index contributed by atoms with van der Waals surface area (Å²) in [7, 11) is 0. The van der Waals surface area contributed by atoms with Gasteiger partial charge < -0.3 is 9.84 Å². The van der Waals surface area contributed by atoms with Crippen molar-refractivity contribution in [2.24, 2.45) is 5.92 Å². The maximum atomic E-state index is 11.1. The normalized spacial score (nSPS) is 21.4. The van der Waals surface area contributed by atoms with Crippen LogP contribution in [-0.2, 0) is 16.0 Å². The van der Waals surface area contributed by atoms with E-state index in [4.69, 9.17) is 4.74 Å². The molecular weight excluding hydrogens is 216 g/mol. The molecule has 2 atom stereocenters. The topological polar surface area (TPSA) is 46.5 Å². The van der Waals surface area contributed by atoms with Crippen molar-refractivity contribution in [3.8, 4) is 0 Å². The van der Waals surface area contributed by atoms with Gasteiger partial charge in [-0.25, -0.2) is 4.79 Å². The first kappa shape index (κ1) is 11.9. The summed E-state index contributed by atoms with van der Waals surface area (Å²) in [6.07, 6.45) is 0.846. The number of carbonyl (C=O) groups excluding carboxylic acids is 1. The molecule has 0 amide bonds. The Labute approximate surface area is 101 Å². The van der Waals surface area contributed by atoms with Crippen LogP contribution in [0.25, 0.3) is 0 Å². The fraction of sp³-hybridized carbons (Fsp3) is 0.357. The Bertz CT molecular complexity index is 411. The van der Waals surface area contributed by atoms with Crippen molar-refractivity contribution in [3.63, 3.8) is 0 Å². The number of hydrogen-bond acceptors (Lipinski definition) is 3. The highest BCUT2D eigenvalue weighted by molar-refractivity contribution is 5.90. The van der Waals surface area contributed by atoms with E-state index in [9.17, 15) is 9.90 Å². The third-order valence-electron chi connectivity index (χ3n) is 3.14. The van der Waals surface area contributed by atoms with E-state index in [1.807, 2.05) is 30.3 Å². The summed E-state index contributed by atoms with van der Waals surface area (Å²) in [4.78, 5) is 11.1. The summed E-state index contributed by atoms with van der Waals surface area (Å²) in [5.41, 5.74) is 1.58. The molecule has 1 saturated heterocycles. The maximum absolute atomic E-state index is 11.1. The van der Waals surface area contributed by atoms with Crippen LogP contribution in [0.15, 0.2) is 42.5 Å². The van der Waals surface area contributed by atoms with Gasteiger partial charge in [-0.1, -0.05) is 36.9 Å². The minimum Gasteiger partial charge on any atom is -0.462 e. The zero-order valence-electron chi connectivity index (χ0n) is 9.63. The van der Waals surface area contributed by atoms with E-state index in [2.05, 4.69) is 6.58 Å². The van der Waals surface area contributed by atoms with Gasteiger partial charge in [-0.3, -0.25) is 0 Å². The fourth-order valence-electron chi connectivity index (χ4n) is 2.01. The quantitative estimate of drug-likeness (QED) is 0.635. The number of benzene rings is 1. The second kappa shape index (κ2) is 5.15. The smallest absolute Gasteiger partial charge is 0.333 e. The van der Waals surface area contributed by atoms with Crippen molar-refractivity contribution in [1.82, 2.24) is 0 Å². The van der Waals surface area contributed by atoms with Crippen molar-refractivity contribution >= 4 is 5.97 Å². The largest absolute Gasteiger partial charge is 0.462 e. The summed E-state index contributed by atoms with van der Waals surface area (Å²) in [5, 5.41) is 10.0. The van der Waals surface area contributed by atoms with Crippen molar-refractivity contribution in [3.05, 3.63) is 48.0 Å². The molecule has 3 heteroatoms. The van der Waals surface area contributed by atoms with Crippen LogP contribution in [0.3, 0.4) is 0 Å². The molecule has 0 bridgehead atoms. The molecule has 1 fully saturated rings. The Morgan fingerprint density at radius 3 is 2.71 bits per heavy atom. The third kappa shape index (κ3) is 2.74. The molecule has 1 N–H and O–H groups in total. The highest BCUT2D eigenvalue weighted by atomic mass is 16.5. The molecule has 0 aliphatic carbocycles. The SMILES string of the molecule is C=C1C(=O)OC[C@H]1[C@@H](O)CCc1ccccc1. The lowest BCUT2D eigenvalue weighted by Crippen LogP contribution is -2.22. The first-order valence-corrected chi connectivity index (χ1v) is 5.76. The average Bonchev–Trinajstić information content (AvgIpc) is 2.69. The predicted molar refractivity (Wildman–Crippen MR) is 64.4 cm³/mol. The summed E-state index contributed by atoms with van der Waals surface area (Å²) in [5.74, 6) is -0.625. The number of esters is 1. The van der Waals surface area contributed by atoms with Crippen molar-refractivity contribution in [1.29, 1.82) is 0 Å².